The van der Waals surface area contributed by atoms with Gasteiger partial charge in [0.2, 0.25) is 0 Å². The molecule has 0 aromatic heterocycles. The van der Waals surface area contributed by atoms with E-state index < -0.39 is 23.0 Å². The minimum atomic E-state index is -0.865. The normalized spacial score (nSPS) is 16.9. The summed E-state index contributed by atoms with van der Waals surface area (Å²) in [5.41, 5.74) is 0.715. The van der Waals surface area contributed by atoms with Crippen molar-refractivity contribution in [2.45, 2.75) is 13.0 Å². The average Bonchev–Trinajstić information content (AvgIpc) is 2.54. The molecule has 2 rings (SSSR count). The van der Waals surface area contributed by atoms with E-state index in [0.29, 0.717) is 15.7 Å². The third kappa shape index (κ3) is 4.34. The second-order valence-corrected chi connectivity index (χ2v) is 6.02. The average molecular weight is 414 g/mol. The molecule has 0 saturated heterocycles. The van der Waals surface area contributed by atoms with Gasteiger partial charge in [-0.2, -0.15) is 0 Å². The van der Waals surface area contributed by atoms with Crippen LogP contribution < -0.4 is 10.6 Å². The molecule has 1 aromatic rings. The molecule has 10 heteroatoms. The number of ether oxygens (including phenoxy) is 2. The van der Waals surface area contributed by atoms with Crippen LogP contribution in [0.3, 0.4) is 0 Å². The molecular weight excluding hydrogens is 398 g/mol. The molecule has 1 heterocycles. The number of carbonyl (C=O) groups excluding carboxylic acids is 2. The van der Waals surface area contributed by atoms with Gasteiger partial charge in [-0.1, -0.05) is 6.07 Å². The number of nitrogens with one attached hydrogen (secondary N) is 2. The maximum Gasteiger partial charge on any atom is 0.338 e. The van der Waals surface area contributed by atoms with Crippen molar-refractivity contribution in [2.24, 2.45) is 0 Å². The van der Waals surface area contributed by atoms with Crippen LogP contribution >= 0.6 is 15.9 Å². The number of rotatable bonds is 6. The maximum absolute atomic E-state index is 12.4. The van der Waals surface area contributed by atoms with Crippen LogP contribution in [0, 0.1) is 10.1 Å². The van der Waals surface area contributed by atoms with Gasteiger partial charge in [0.05, 0.1) is 27.6 Å². The van der Waals surface area contributed by atoms with E-state index in [-0.39, 0.29) is 24.5 Å². The minimum Gasteiger partial charge on any atom is -0.460 e. The molecule has 0 bridgehead atoms. The van der Waals surface area contributed by atoms with Gasteiger partial charge >= 0.3 is 12.0 Å². The van der Waals surface area contributed by atoms with E-state index >= 15 is 0 Å². The minimum absolute atomic E-state index is 0.0489. The summed E-state index contributed by atoms with van der Waals surface area (Å²) in [7, 11) is 1.48. The standard InChI is InChI=1S/C15H16BrN3O6/c1-8-12(14(20)25-6-5-24-2)13(18-15(21)17-8)9-3-4-10(16)11(7-9)19(22)23/h3-4,7,13H,5-6H2,1-2H3,(H2,17,18,21)/t13-/m1/s1. The van der Waals surface area contributed by atoms with Crippen molar-refractivity contribution in [2.75, 3.05) is 20.3 Å². The number of amides is 2. The van der Waals surface area contributed by atoms with Crippen LogP contribution in [0.25, 0.3) is 0 Å². The molecular formula is C15H16BrN3O6. The van der Waals surface area contributed by atoms with Gasteiger partial charge in [-0.05, 0) is 34.5 Å². The second kappa shape index (κ2) is 8.08. The fraction of sp³-hybridized carbons (Fsp3) is 0.333. The number of nitrogens with zero attached hydrogens (tertiary/aromatic N) is 1. The summed E-state index contributed by atoms with van der Waals surface area (Å²) in [5.74, 6) is -0.641. The smallest absolute Gasteiger partial charge is 0.338 e. The van der Waals surface area contributed by atoms with Crippen LogP contribution in [0.2, 0.25) is 0 Å². The van der Waals surface area contributed by atoms with Crippen molar-refractivity contribution in [1.82, 2.24) is 10.6 Å². The van der Waals surface area contributed by atoms with E-state index in [9.17, 15) is 19.7 Å². The van der Waals surface area contributed by atoms with Crippen LogP contribution in [-0.2, 0) is 14.3 Å². The van der Waals surface area contributed by atoms with Crippen molar-refractivity contribution in [3.05, 3.63) is 49.6 Å². The topological polar surface area (TPSA) is 120 Å². The van der Waals surface area contributed by atoms with Crippen LogP contribution in [-0.4, -0.2) is 37.2 Å². The Morgan fingerprint density at radius 2 is 2.12 bits per heavy atom. The third-order valence-corrected chi connectivity index (χ3v) is 4.18. The van der Waals surface area contributed by atoms with Gasteiger partial charge in [-0.3, -0.25) is 10.1 Å². The zero-order valence-electron chi connectivity index (χ0n) is 13.5. The van der Waals surface area contributed by atoms with E-state index in [1.54, 1.807) is 13.0 Å². The lowest BCUT2D eigenvalue weighted by Crippen LogP contribution is -2.45. The van der Waals surface area contributed by atoms with Gasteiger partial charge in [0, 0.05) is 18.9 Å². The summed E-state index contributed by atoms with van der Waals surface area (Å²) < 4.78 is 10.3. The molecule has 0 unspecified atom stereocenters. The predicted octanol–water partition coefficient (Wildman–Crippen LogP) is 2.17. The highest BCUT2D eigenvalue weighted by molar-refractivity contribution is 9.10. The summed E-state index contributed by atoms with van der Waals surface area (Å²) in [6, 6.07) is 3.00. The lowest BCUT2D eigenvalue weighted by Gasteiger charge is -2.28. The number of halogens is 1. The van der Waals surface area contributed by atoms with Gasteiger partial charge in [0.25, 0.3) is 5.69 Å². The highest BCUT2D eigenvalue weighted by atomic mass is 79.9. The fourth-order valence-electron chi connectivity index (χ4n) is 2.36. The number of nitro groups is 1. The molecule has 1 aliphatic heterocycles. The number of allylic oxidation sites excluding steroid dienone is 1. The molecule has 1 aliphatic rings. The molecule has 1 aromatic carbocycles. The summed E-state index contributed by atoms with van der Waals surface area (Å²) in [6.07, 6.45) is 0. The Morgan fingerprint density at radius 3 is 2.76 bits per heavy atom. The third-order valence-electron chi connectivity index (χ3n) is 3.51. The molecule has 0 aliphatic carbocycles. The van der Waals surface area contributed by atoms with Gasteiger partial charge in [-0.15, -0.1) is 0 Å². The SMILES string of the molecule is COCCOC(=O)C1=C(C)NC(=O)N[C@@H]1c1ccc(Br)c([N+](=O)[O-])c1. The summed E-state index contributed by atoms with van der Waals surface area (Å²) in [4.78, 5) is 34.8. The Hall–Kier alpha value is -2.46. The first kappa shape index (κ1) is 18.9. The van der Waals surface area contributed by atoms with E-state index in [1.807, 2.05) is 0 Å². The number of hydrogen-bond donors (Lipinski definition) is 2. The first-order valence-corrected chi connectivity index (χ1v) is 8.02. The van der Waals surface area contributed by atoms with Crippen LogP contribution in [0.1, 0.15) is 18.5 Å². The van der Waals surface area contributed by atoms with Crippen molar-refractivity contribution in [3.8, 4) is 0 Å². The molecule has 1 atom stereocenters. The second-order valence-electron chi connectivity index (χ2n) is 5.17. The Bertz CT molecular complexity index is 749. The van der Waals surface area contributed by atoms with Crippen molar-refractivity contribution >= 4 is 33.6 Å². The lowest BCUT2D eigenvalue weighted by molar-refractivity contribution is -0.385. The van der Waals surface area contributed by atoms with Crippen molar-refractivity contribution in [3.63, 3.8) is 0 Å². The molecule has 9 nitrogen and oxygen atoms in total. The zero-order chi connectivity index (χ0) is 18.6. The monoisotopic (exact) mass is 413 g/mol. The lowest BCUT2D eigenvalue weighted by atomic mass is 9.95. The zero-order valence-corrected chi connectivity index (χ0v) is 15.1. The van der Waals surface area contributed by atoms with Crippen molar-refractivity contribution in [1.29, 1.82) is 0 Å². The molecule has 2 amide bonds. The van der Waals surface area contributed by atoms with Crippen molar-refractivity contribution < 1.29 is 24.0 Å². The number of nitro benzene ring substituents is 1. The number of benzene rings is 1. The molecule has 0 radical (unpaired) electrons. The Kier molecular flexibility index (Phi) is 6.10. The highest BCUT2D eigenvalue weighted by Crippen LogP contribution is 2.33. The van der Waals surface area contributed by atoms with E-state index in [1.165, 1.54) is 19.2 Å². The summed E-state index contributed by atoms with van der Waals surface area (Å²) in [5, 5.41) is 16.2. The summed E-state index contributed by atoms with van der Waals surface area (Å²) >= 11 is 3.11. The van der Waals surface area contributed by atoms with Crippen LogP contribution in [0.4, 0.5) is 10.5 Å². The molecule has 0 fully saturated rings. The number of urea groups is 1. The number of methoxy groups -OCH3 is 1. The molecule has 2 N–H and O–H groups in total. The van der Waals surface area contributed by atoms with E-state index in [2.05, 4.69) is 26.6 Å². The number of esters is 1. The molecule has 0 spiro atoms. The first-order chi connectivity index (χ1) is 11.8. The van der Waals surface area contributed by atoms with Gasteiger partial charge < -0.3 is 20.1 Å². The Balaban J connectivity index is 2.40. The number of carbonyl (C=O) groups is 2. The fourth-order valence-corrected chi connectivity index (χ4v) is 2.75. The molecule has 0 saturated carbocycles. The van der Waals surface area contributed by atoms with E-state index in [0.717, 1.165) is 0 Å². The Morgan fingerprint density at radius 1 is 1.40 bits per heavy atom. The Labute approximate surface area is 151 Å². The number of hydrogen-bond acceptors (Lipinski definition) is 6. The van der Waals surface area contributed by atoms with Crippen LogP contribution in [0.5, 0.6) is 0 Å². The quantitative estimate of drug-likeness (QED) is 0.319. The highest BCUT2D eigenvalue weighted by Gasteiger charge is 2.33. The van der Waals surface area contributed by atoms with Gasteiger partial charge in [0.15, 0.2) is 0 Å². The van der Waals surface area contributed by atoms with E-state index in [4.69, 9.17) is 9.47 Å². The predicted molar refractivity (Wildman–Crippen MR) is 90.7 cm³/mol. The molecule has 134 valence electrons. The van der Waals surface area contributed by atoms with Gasteiger partial charge in [-0.25, -0.2) is 9.59 Å². The first-order valence-electron chi connectivity index (χ1n) is 7.23. The summed E-state index contributed by atoms with van der Waals surface area (Å²) in [6.45, 7) is 1.84. The molecule has 25 heavy (non-hydrogen) atoms. The maximum atomic E-state index is 12.4. The van der Waals surface area contributed by atoms with Crippen LogP contribution in [0.15, 0.2) is 33.9 Å². The largest absolute Gasteiger partial charge is 0.460 e. The van der Waals surface area contributed by atoms with Gasteiger partial charge in [0.1, 0.15) is 6.61 Å².